The lowest BCUT2D eigenvalue weighted by molar-refractivity contribution is 0.0628. The number of amides is 1. The lowest BCUT2D eigenvalue weighted by atomic mass is 10.1. The monoisotopic (exact) mass is 454 g/mol. The van der Waals surface area contributed by atoms with Crippen molar-refractivity contribution >= 4 is 29.3 Å². The predicted octanol–water partition coefficient (Wildman–Crippen LogP) is 4.82. The summed E-state index contributed by atoms with van der Waals surface area (Å²) in [6.45, 7) is 8.11. The molecule has 1 aliphatic rings. The van der Waals surface area contributed by atoms with Crippen molar-refractivity contribution in [1.82, 2.24) is 19.6 Å². The first-order valence-corrected chi connectivity index (χ1v) is 12.0. The van der Waals surface area contributed by atoms with Crippen LogP contribution in [0.3, 0.4) is 0 Å². The molecule has 2 heterocycles. The number of halogens is 1. The van der Waals surface area contributed by atoms with Gasteiger partial charge in [0, 0.05) is 48.9 Å². The van der Waals surface area contributed by atoms with Gasteiger partial charge in [0.05, 0.1) is 22.0 Å². The van der Waals surface area contributed by atoms with Gasteiger partial charge < -0.3 is 4.90 Å². The van der Waals surface area contributed by atoms with Gasteiger partial charge in [-0.05, 0) is 50.4 Å². The number of nitrogens with zero attached hydrogens (tertiary/aromatic N) is 4. The molecule has 5 nitrogen and oxygen atoms in total. The predicted molar refractivity (Wildman–Crippen MR) is 127 cm³/mol. The van der Waals surface area contributed by atoms with E-state index in [1.807, 2.05) is 52.2 Å². The second-order valence-electron chi connectivity index (χ2n) is 7.81. The first-order valence-electron chi connectivity index (χ1n) is 10.4. The number of benzene rings is 2. The van der Waals surface area contributed by atoms with E-state index in [1.165, 1.54) is 11.3 Å². The Kier molecular flexibility index (Phi) is 6.70. The molecule has 0 spiro atoms. The molecule has 31 heavy (non-hydrogen) atoms. The summed E-state index contributed by atoms with van der Waals surface area (Å²) in [5.41, 5.74) is 5.16. The third-order valence-corrected chi connectivity index (χ3v) is 6.94. The number of rotatable bonds is 5. The topological polar surface area (TPSA) is 41.4 Å². The van der Waals surface area contributed by atoms with Gasteiger partial charge in [-0.3, -0.25) is 9.69 Å². The van der Waals surface area contributed by atoms with Gasteiger partial charge in [0.15, 0.2) is 0 Å². The molecule has 0 bridgehead atoms. The molecule has 0 aliphatic carbocycles. The van der Waals surface area contributed by atoms with Gasteiger partial charge >= 0.3 is 0 Å². The van der Waals surface area contributed by atoms with Gasteiger partial charge in [0.2, 0.25) is 0 Å². The number of carbonyl (C=O) groups excluding carboxylic acids is 1. The standard InChI is InChI=1S/C24H27ClN4OS/c1-17-22(18(2)29(26-17)19-7-5-4-6-8-19)16-27-11-13-28(14-12-27)24(30)21-15-20(31-3)9-10-23(21)25/h4-10,15H,11-14,16H2,1-3H3. The largest absolute Gasteiger partial charge is 0.336 e. The molecule has 7 heteroatoms. The van der Waals surface area contributed by atoms with E-state index < -0.39 is 0 Å². The van der Waals surface area contributed by atoms with Gasteiger partial charge in [-0.2, -0.15) is 5.10 Å². The van der Waals surface area contributed by atoms with Gasteiger partial charge in [-0.25, -0.2) is 4.68 Å². The van der Waals surface area contributed by atoms with Gasteiger partial charge in [-0.1, -0.05) is 29.8 Å². The van der Waals surface area contributed by atoms with Crippen LogP contribution in [-0.2, 0) is 6.54 Å². The van der Waals surface area contributed by atoms with Gasteiger partial charge in [0.25, 0.3) is 5.91 Å². The van der Waals surface area contributed by atoms with Crippen LogP contribution in [0.1, 0.15) is 27.3 Å². The molecule has 4 rings (SSSR count). The third kappa shape index (κ3) is 4.66. The number of aromatic nitrogens is 2. The summed E-state index contributed by atoms with van der Waals surface area (Å²) < 4.78 is 2.02. The minimum Gasteiger partial charge on any atom is -0.336 e. The number of piperazine rings is 1. The first kappa shape index (κ1) is 21.9. The van der Waals surface area contributed by atoms with E-state index in [2.05, 4.69) is 30.9 Å². The van der Waals surface area contributed by atoms with Crippen LogP contribution in [0.4, 0.5) is 0 Å². The third-order valence-electron chi connectivity index (χ3n) is 5.89. The summed E-state index contributed by atoms with van der Waals surface area (Å²) in [5, 5.41) is 5.28. The minimum absolute atomic E-state index is 0.0183. The lowest BCUT2D eigenvalue weighted by Crippen LogP contribution is -2.48. The second-order valence-corrected chi connectivity index (χ2v) is 9.10. The van der Waals surface area contributed by atoms with Gasteiger partial charge in [-0.15, -0.1) is 11.8 Å². The Balaban J connectivity index is 1.42. The van der Waals surface area contributed by atoms with Gasteiger partial charge in [0.1, 0.15) is 0 Å². The molecule has 0 saturated carbocycles. The smallest absolute Gasteiger partial charge is 0.255 e. The fourth-order valence-electron chi connectivity index (χ4n) is 4.02. The van der Waals surface area contributed by atoms with Crippen molar-refractivity contribution in [2.75, 3.05) is 32.4 Å². The highest BCUT2D eigenvalue weighted by Crippen LogP contribution is 2.25. The zero-order valence-electron chi connectivity index (χ0n) is 18.1. The number of aryl methyl sites for hydroxylation is 1. The molecular formula is C24H27ClN4OS. The Bertz CT molecular complexity index is 1070. The second kappa shape index (κ2) is 9.47. The number of hydrogen-bond acceptors (Lipinski definition) is 4. The molecule has 162 valence electrons. The van der Waals surface area contributed by atoms with E-state index in [0.29, 0.717) is 23.7 Å². The molecule has 2 aromatic carbocycles. The van der Waals surface area contributed by atoms with Crippen molar-refractivity contribution in [2.24, 2.45) is 0 Å². The number of hydrogen-bond donors (Lipinski definition) is 0. The summed E-state index contributed by atoms with van der Waals surface area (Å²) in [6, 6.07) is 15.9. The molecule has 1 saturated heterocycles. The van der Waals surface area contributed by atoms with Crippen LogP contribution < -0.4 is 0 Å². The van der Waals surface area contributed by atoms with E-state index >= 15 is 0 Å². The van der Waals surface area contributed by atoms with Crippen molar-refractivity contribution in [2.45, 2.75) is 25.3 Å². The molecule has 0 radical (unpaired) electrons. The average Bonchev–Trinajstić information content (AvgIpc) is 3.08. The molecule has 0 N–H and O–H groups in total. The van der Waals surface area contributed by atoms with E-state index in [0.717, 1.165) is 35.9 Å². The van der Waals surface area contributed by atoms with Crippen LogP contribution in [0.25, 0.3) is 5.69 Å². The Morgan fingerprint density at radius 2 is 1.77 bits per heavy atom. The van der Waals surface area contributed by atoms with Crippen LogP contribution in [-0.4, -0.2) is 57.9 Å². The van der Waals surface area contributed by atoms with Crippen LogP contribution in [0.2, 0.25) is 5.02 Å². The molecule has 0 unspecified atom stereocenters. The Labute approximate surface area is 193 Å². The van der Waals surface area contributed by atoms with Crippen molar-refractivity contribution in [3.05, 3.63) is 76.1 Å². The highest BCUT2D eigenvalue weighted by molar-refractivity contribution is 7.98. The fraction of sp³-hybridized carbons (Fsp3) is 0.333. The maximum absolute atomic E-state index is 13.0. The normalized spacial score (nSPS) is 14.8. The van der Waals surface area contributed by atoms with Crippen LogP contribution >= 0.6 is 23.4 Å². The highest BCUT2D eigenvalue weighted by atomic mass is 35.5. The lowest BCUT2D eigenvalue weighted by Gasteiger charge is -2.35. The number of para-hydroxylation sites is 1. The van der Waals surface area contributed by atoms with Crippen LogP contribution in [0.5, 0.6) is 0 Å². The summed E-state index contributed by atoms with van der Waals surface area (Å²) >= 11 is 7.93. The highest BCUT2D eigenvalue weighted by Gasteiger charge is 2.25. The van der Waals surface area contributed by atoms with Crippen molar-refractivity contribution in [1.29, 1.82) is 0 Å². The fourth-order valence-corrected chi connectivity index (χ4v) is 4.66. The zero-order valence-corrected chi connectivity index (χ0v) is 19.7. The van der Waals surface area contributed by atoms with Crippen molar-refractivity contribution in [3.8, 4) is 5.69 Å². The quantitative estimate of drug-likeness (QED) is 0.518. The SMILES string of the molecule is CSc1ccc(Cl)c(C(=O)N2CCN(Cc3c(C)nn(-c4ccccc4)c3C)CC2)c1. The summed E-state index contributed by atoms with van der Waals surface area (Å²) in [6.07, 6.45) is 2.00. The molecule has 3 aromatic rings. The van der Waals surface area contributed by atoms with Crippen molar-refractivity contribution < 1.29 is 4.79 Å². The van der Waals surface area contributed by atoms with E-state index in [-0.39, 0.29) is 5.91 Å². The average molecular weight is 455 g/mol. The van der Waals surface area contributed by atoms with E-state index in [4.69, 9.17) is 16.7 Å². The van der Waals surface area contributed by atoms with Crippen molar-refractivity contribution in [3.63, 3.8) is 0 Å². The number of thioether (sulfide) groups is 1. The Hall–Kier alpha value is -2.28. The molecular weight excluding hydrogens is 428 g/mol. The molecule has 1 amide bonds. The summed E-state index contributed by atoms with van der Waals surface area (Å²) in [5.74, 6) is 0.0183. The molecule has 0 atom stereocenters. The van der Waals surface area contributed by atoms with E-state index in [1.54, 1.807) is 11.8 Å². The first-order chi connectivity index (χ1) is 15.0. The Morgan fingerprint density at radius 1 is 1.06 bits per heavy atom. The molecule has 1 aliphatic heterocycles. The maximum atomic E-state index is 13.0. The summed E-state index contributed by atoms with van der Waals surface area (Å²) in [7, 11) is 0. The van der Waals surface area contributed by atoms with Crippen LogP contribution in [0, 0.1) is 13.8 Å². The molecule has 1 aromatic heterocycles. The van der Waals surface area contributed by atoms with Crippen LogP contribution in [0.15, 0.2) is 53.4 Å². The Morgan fingerprint density at radius 3 is 2.45 bits per heavy atom. The molecule has 1 fully saturated rings. The maximum Gasteiger partial charge on any atom is 0.255 e. The number of carbonyl (C=O) groups is 1. The minimum atomic E-state index is 0.0183. The van der Waals surface area contributed by atoms with E-state index in [9.17, 15) is 4.79 Å². The summed E-state index contributed by atoms with van der Waals surface area (Å²) in [4.78, 5) is 18.4. The zero-order chi connectivity index (χ0) is 22.0.